The second-order valence-corrected chi connectivity index (χ2v) is 11.9. The molecule has 0 radical (unpaired) electrons. The van der Waals surface area contributed by atoms with E-state index in [-0.39, 0.29) is 25.4 Å². The zero-order valence-electron chi connectivity index (χ0n) is 22.6. The van der Waals surface area contributed by atoms with E-state index in [4.69, 9.17) is 23.7 Å². The minimum atomic E-state index is -1.33. The van der Waals surface area contributed by atoms with Gasteiger partial charge in [0.05, 0.1) is 30.3 Å². The summed E-state index contributed by atoms with van der Waals surface area (Å²) in [6.45, 7) is 8.27. The third kappa shape index (κ3) is 4.36. The monoisotopic (exact) mass is 532 g/mol. The molecular weight excluding hydrogens is 492 g/mol. The highest BCUT2D eigenvalue weighted by Gasteiger charge is 2.83. The number of carbonyl (C=O) groups excluding carboxylic acids is 2. The molecule has 3 heterocycles. The first-order chi connectivity index (χ1) is 18.0. The molecule has 2 saturated heterocycles. The van der Waals surface area contributed by atoms with Gasteiger partial charge in [0.15, 0.2) is 6.10 Å². The van der Waals surface area contributed by atoms with Crippen LogP contribution in [0.2, 0.25) is 0 Å². The molecule has 4 unspecified atom stereocenters. The zero-order chi connectivity index (χ0) is 27.3. The van der Waals surface area contributed by atoms with Crippen LogP contribution in [0.15, 0.2) is 36.0 Å². The maximum atomic E-state index is 13.1. The van der Waals surface area contributed by atoms with Crippen LogP contribution in [0.25, 0.3) is 0 Å². The molecular formula is C29H40O9. The number of allylic oxidation sites excluding steroid dienone is 3. The Morgan fingerprint density at radius 2 is 1.92 bits per heavy atom. The van der Waals surface area contributed by atoms with Gasteiger partial charge in [0, 0.05) is 24.5 Å². The highest BCUT2D eigenvalue weighted by atomic mass is 16.6. The second kappa shape index (κ2) is 10.2. The molecule has 0 amide bonds. The number of esters is 2. The van der Waals surface area contributed by atoms with E-state index in [1.54, 1.807) is 32.1 Å². The van der Waals surface area contributed by atoms with Crippen molar-refractivity contribution in [3.05, 3.63) is 36.0 Å². The molecule has 0 aromatic carbocycles. The lowest BCUT2D eigenvalue weighted by Crippen LogP contribution is -2.66. The van der Waals surface area contributed by atoms with Gasteiger partial charge in [-0.25, -0.2) is 9.59 Å². The Morgan fingerprint density at radius 3 is 2.63 bits per heavy atom. The molecule has 9 heteroatoms. The van der Waals surface area contributed by atoms with E-state index in [0.29, 0.717) is 25.9 Å². The number of cyclic esters (lactones) is 1. The van der Waals surface area contributed by atoms with Crippen LogP contribution in [0.1, 0.15) is 53.4 Å². The molecule has 3 fully saturated rings. The molecule has 1 saturated carbocycles. The smallest absolute Gasteiger partial charge is 0.335 e. The van der Waals surface area contributed by atoms with Crippen molar-refractivity contribution in [2.45, 2.75) is 95.6 Å². The molecule has 5 aliphatic rings. The average molecular weight is 533 g/mol. The van der Waals surface area contributed by atoms with Crippen LogP contribution in [0, 0.1) is 16.7 Å². The molecule has 38 heavy (non-hydrogen) atoms. The molecule has 5 rings (SSSR count). The van der Waals surface area contributed by atoms with E-state index >= 15 is 0 Å². The average Bonchev–Trinajstić information content (AvgIpc) is 3.65. The Balaban J connectivity index is 1.51. The SMILES string of the molecule is CC1=C[C@H]2OC3C[C@H]4OC(=O)/C=C\C=C/C(C(C)O)OCC[C@@H](C)[C@H](O)C(=O)OC[C@@]2(CC1)C4(C)[C@]31CO1. The van der Waals surface area contributed by atoms with E-state index in [1.807, 2.05) is 0 Å². The molecule has 2 bridgehead atoms. The summed E-state index contributed by atoms with van der Waals surface area (Å²) in [6.07, 6.45) is 6.89. The van der Waals surface area contributed by atoms with Crippen LogP contribution in [0.5, 0.6) is 0 Å². The summed E-state index contributed by atoms with van der Waals surface area (Å²) in [6, 6.07) is 0. The predicted molar refractivity (Wildman–Crippen MR) is 136 cm³/mol. The van der Waals surface area contributed by atoms with Crippen LogP contribution in [-0.4, -0.2) is 84.2 Å². The fourth-order valence-corrected chi connectivity index (χ4v) is 7.04. The molecule has 2 N–H and O–H groups in total. The van der Waals surface area contributed by atoms with Crippen molar-refractivity contribution in [3.63, 3.8) is 0 Å². The van der Waals surface area contributed by atoms with E-state index < -0.39 is 58.7 Å². The number of hydrogen-bond acceptors (Lipinski definition) is 9. The van der Waals surface area contributed by atoms with E-state index in [0.717, 1.165) is 6.42 Å². The number of rotatable bonds is 1. The van der Waals surface area contributed by atoms with E-state index in [1.165, 1.54) is 11.6 Å². The quantitative estimate of drug-likeness (QED) is 0.298. The number of aliphatic hydroxyl groups excluding tert-OH is 2. The van der Waals surface area contributed by atoms with Gasteiger partial charge in [0.2, 0.25) is 0 Å². The molecule has 210 valence electrons. The predicted octanol–water partition coefficient (Wildman–Crippen LogP) is 2.39. The van der Waals surface area contributed by atoms with Gasteiger partial charge in [0.25, 0.3) is 0 Å². The fraction of sp³-hybridized carbons (Fsp3) is 0.724. The van der Waals surface area contributed by atoms with Crippen molar-refractivity contribution in [1.82, 2.24) is 0 Å². The number of epoxide rings is 1. The lowest BCUT2D eigenvalue weighted by atomic mass is 9.51. The molecule has 10 atom stereocenters. The van der Waals surface area contributed by atoms with Crippen molar-refractivity contribution in [2.75, 3.05) is 19.8 Å². The first-order valence-corrected chi connectivity index (χ1v) is 13.7. The van der Waals surface area contributed by atoms with Crippen molar-refractivity contribution in [1.29, 1.82) is 0 Å². The summed E-state index contributed by atoms with van der Waals surface area (Å²) in [4.78, 5) is 26.0. The molecule has 3 aliphatic heterocycles. The van der Waals surface area contributed by atoms with Crippen LogP contribution >= 0.6 is 0 Å². The van der Waals surface area contributed by atoms with Gasteiger partial charge in [-0.3, -0.25) is 0 Å². The van der Waals surface area contributed by atoms with Crippen molar-refractivity contribution in [2.24, 2.45) is 16.7 Å². The van der Waals surface area contributed by atoms with Crippen LogP contribution < -0.4 is 0 Å². The summed E-state index contributed by atoms with van der Waals surface area (Å²) < 4.78 is 30.4. The molecule has 0 aromatic heterocycles. The first-order valence-electron chi connectivity index (χ1n) is 13.7. The lowest BCUT2D eigenvalue weighted by molar-refractivity contribution is -0.234. The van der Waals surface area contributed by atoms with Crippen LogP contribution in [0.4, 0.5) is 0 Å². The second-order valence-electron chi connectivity index (χ2n) is 11.9. The van der Waals surface area contributed by atoms with Crippen molar-refractivity contribution < 1.29 is 43.5 Å². The Labute approximate surface area is 223 Å². The maximum absolute atomic E-state index is 13.1. The Bertz CT molecular complexity index is 1030. The summed E-state index contributed by atoms with van der Waals surface area (Å²) in [7, 11) is 0. The van der Waals surface area contributed by atoms with Gasteiger partial charge in [0.1, 0.15) is 24.4 Å². The molecule has 0 aromatic rings. The molecule has 9 nitrogen and oxygen atoms in total. The third-order valence-corrected chi connectivity index (χ3v) is 9.73. The zero-order valence-corrected chi connectivity index (χ0v) is 22.6. The van der Waals surface area contributed by atoms with Gasteiger partial charge in [-0.2, -0.15) is 0 Å². The van der Waals surface area contributed by atoms with E-state index in [9.17, 15) is 19.8 Å². The number of carbonyl (C=O) groups is 2. The van der Waals surface area contributed by atoms with Gasteiger partial charge < -0.3 is 33.9 Å². The normalized spacial score (nSPS) is 48.0. The van der Waals surface area contributed by atoms with Gasteiger partial charge in [-0.05, 0) is 39.0 Å². The summed E-state index contributed by atoms with van der Waals surface area (Å²) >= 11 is 0. The van der Waals surface area contributed by atoms with Crippen molar-refractivity contribution in [3.8, 4) is 0 Å². The molecule has 2 spiro atoms. The van der Waals surface area contributed by atoms with Crippen molar-refractivity contribution >= 4 is 11.9 Å². The highest BCUT2D eigenvalue weighted by Crippen LogP contribution is 2.72. The van der Waals surface area contributed by atoms with Crippen LogP contribution in [0.3, 0.4) is 0 Å². The van der Waals surface area contributed by atoms with Gasteiger partial charge in [-0.15, -0.1) is 0 Å². The first kappa shape index (κ1) is 27.5. The lowest BCUT2D eigenvalue weighted by Gasteiger charge is -2.58. The Kier molecular flexibility index (Phi) is 7.37. The number of hydrogen-bond donors (Lipinski definition) is 2. The maximum Gasteiger partial charge on any atom is 0.335 e. The Hall–Kier alpha value is -2.04. The van der Waals surface area contributed by atoms with Crippen LogP contribution in [-0.2, 0) is 33.3 Å². The number of ether oxygens (including phenoxy) is 5. The van der Waals surface area contributed by atoms with Gasteiger partial charge >= 0.3 is 11.9 Å². The van der Waals surface area contributed by atoms with Gasteiger partial charge in [-0.1, -0.05) is 43.7 Å². The Morgan fingerprint density at radius 1 is 1.16 bits per heavy atom. The molecule has 2 aliphatic carbocycles. The standard InChI is InChI=1S/C29H40O9/c1-17-9-11-28-15-35-26(33)25(32)18(2)10-12-34-20(19(3)30)7-5-6-8-24(31)38-21-14-23(37-22(28)13-17)29(16-36-29)27(21,28)4/h5-8,13,18-23,25,30,32H,9-12,14-16H2,1-4H3/b7-5-,8-6-/t18-,19?,20?,21-,22-,23?,25+,27?,28-,29+/m1/s1. The summed E-state index contributed by atoms with van der Waals surface area (Å²) in [5, 5.41) is 20.8. The number of aliphatic hydroxyl groups is 2. The minimum absolute atomic E-state index is 0.0195. The summed E-state index contributed by atoms with van der Waals surface area (Å²) in [5.41, 5.74) is -0.771. The third-order valence-electron chi connectivity index (χ3n) is 9.73. The highest BCUT2D eigenvalue weighted by molar-refractivity contribution is 5.82. The minimum Gasteiger partial charge on any atom is -0.463 e. The fourth-order valence-electron chi connectivity index (χ4n) is 7.04. The van der Waals surface area contributed by atoms with E-state index in [2.05, 4.69) is 19.9 Å². The summed E-state index contributed by atoms with van der Waals surface area (Å²) in [5.74, 6) is -1.60. The topological polar surface area (TPSA) is 124 Å². The largest absolute Gasteiger partial charge is 0.463 e.